The summed E-state index contributed by atoms with van der Waals surface area (Å²) in [5.41, 5.74) is 1.29. The van der Waals surface area contributed by atoms with Crippen LogP contribution in [0.1, 0.15) is 46.0 Å². The molecule has 144 valence electrons. The molecule has 2 fully saturated rings. The summed E-state index contributed by atoms with van der Waals surface area (Å²) in [5, 5.41) is 0. The van der Waals surface area contributed by atoms with Crippen LogP contribution < -0.4 is 4.90 Å². The number of hydrogen-bond donors (Lipinski definition) is 0. The number of anilines is 1. The second kappa shape index (κ2) is 8.85. The highest BCUT2D eigenvalue weighted by Crippen LogP contribution is 2.26. The molecule has 1 aromatic heterocycles. The molecular weight excluding hydrogens is 324 g/mol. The molecule has 0 saturated carbocycles. The third kappa shape index (κ3) is 4.56. The number of hydrogen-bond acceptors (Lipinski definition) is 4. The summed E-state index contributed by atoms with van der Waals surface area (Å²) in [6, 6.07) is 4.60. The number of carbonyl (C=O) groups excluding carboxylic acids is 1. The lowest BCUT2D eigenvalue weighted by molar-refractivity contribution is -0.141. The van der Waals surface area contributed by atoms with Crippen LogP contribution in [0.15, 0.2) is 24.5 Å². The SMILES string of the molecule is CC(C)N1CCCC(N(C)CCC2CCN(c3ccncc3)CC2)C1=O. The van der Waals surface area contributed by atoms with E-state index < -0.39 is 0 Å². The van der Waals surface area contributed by atoms with E-state index in [1.807, 2.05) is 12.4 Å². The molecule has 0 aliphatic carbocycles. The van der Waals surface area contributed by atoms with Crippen LogP contribution in [-0.2, 0) is 4.79 Å². The van der Waals surface area contributed by atoms with Gasteiger partial charge in [0.05, 0.1) is 6.04 Å². The summed E-state index contributed by atoms with van der Waals surface area (Å²) in [7, 11) is 2.14. The van der Waals surface area contributed by atoms with Gasteiger partial charge in [-0.15, -0.1) is 0 Å². The summed E-state index contributed by atoms with van der Waals surface area (Å²) < 4.78 is 0. The van der Waals surface area contributed by atoms with Gasteiger partial charge in [-0.25, -0.2) is 0 Å². The average Bonchev–Trinajstić information content (AvgIpc) is 2.67. The van der Waals surface area contributed by atoms with E-state index in [0.29, 0.717) is 11.9 Å². The highest BCUT2D eigenvalue weighted by Gasteiger charge is 2.33. The molecule has 2 aliphatic heterocycles. The molecular formula is C21H34N4O. The van der Waals surface area contributed by atoms with E-state index in [4.69, 9.17) is 0 Å². The maximum Gasteiger partial charge on any atom is 0.240 e. The molecule has 26 heavy (non-hydrogen) atoms. The molecule has 0 bridgehead atoms. The Bertz CT molecular complexity index is 569. The first-order valence-corrected chi connectivity index (χ1v) is 10.2. The van der Waals surface area contributed by atoms with Crippen molar-refractivity contribution in [1.82, 2.24) is 14.8 Å². The van der Waals surface area contributed by atoms with Crippen LogP contribution in [0.25, 0.3) is 0 Å². The fraction of sp³-hybridized carbons (Fsp3) is 0.714. The number of pyridine rings is 1. The normalized spacial score (nSPS) is 22.5. The molecule has 0 N–H and O–H groups in total. The fourth-order valence-electron chi connectivity index (χ4n) is 4.38. The zero-order valence-corrected chi connectivity index (χ0v) is 16.6. The van der Waals surface area contributed by atoms with Crippen molar-refractivity contribution in [1.29, 1.82) is 0 Å². The lowest BCUT2D eigenvalue weighted by atomic mass is 9.92. The second-order valence-electron chi connectivity index (χ2n) is 8.19. The molecule has 0 spiro atoms. The summed E-state index contributed by atoms with van der Waals surface area (Å²) in [4.78, 5) is 23.7. The van der Waals surface area contributed by atoms with Gasteiger partial charge in [0, 0.05) is 43.8 Å². The van der Waals surface area contributed by atoms with Crippen LogP contribution in [0.3, 0.4) is 0 Å². The van der Waals surface area contributed by atoms with Crippen molar-refractivity contribution in [3.05, 3.63) is 24.5 Å². The van der Waals surface area contributed by atoms with Crippen LogP contribution in [0, 0.1) is 5.92 Å². The van der Waals surface area contributed by atoms with Gasteiger partial charge in [0.25, 0.3) is 0 Å². The molecule has 2 aliphatic rings. The molecule has 5 nitrogen and oxygen atoms in total. The lowest BCUT2D eigenvalue weighted by Gasteiger charge is -2.39. The van der Waals surface area contributed by atoms with Crippen molar-refractivity contribution in [3.63, 3.8) is 0 Å². The highest BCUT2D eigenvalue weighted by atomic mass is 16.2. The molecule has 2 saturated heterocycles. The standard InChI is InChI=1S/C21H34N4O/c1-17(2)25-13-4-5-20(21(25)26)23(3)14-8-18-9-15-24(16-10-18)19-6-11-22-12-7-19/h6-7,11-12,17-18,20H,4-5,8-10,13-16H2,1-3H3. The van der Waals surface area contributed by atoms with Gasteiger partial charge in [-0.1, -0.05) is 0 Å². The van der Waals surface area contributed by atoms with Crippen molar-refractivity contribution in [3.8, 4) is 0 Å². The zero-order valence-electron chi connectivity index (χ0n) is 16.6. The Kier molecular flexibility index (Phi) is 6.52. The molecule has 0 radical (unpaired) electrons. The first-order chi connectivity index (χ1) is 12.6. The Morgan fingerprint density at radius 3 is 2.50 bits per heavy atom. The van der Waals surface area contributed by atoms with Crippen molar-refractivity contribution in [2.45, 2.75) is 58.0 Å². The molecule has 1 amide bonds. The summed E-state index contributed by atoms with van der Waals surface area (Å²) in [5.74, 6) is 1.11. The Hall–Kier alpha value is -1.62. The van der Waals surface area contributed by atoms with Gasteiger partial charge >= 0.3 is 0 Å². The predicted octanol–water partition coefficient (Wildman–Crippen LogP) is 3.02. The van der Waals surface area contributed by atoms with Gasteiger partial charge in [0.15, 0.2) is 0 Å². The van der Waals surface area contributed by atoms with E-state index in [1.165, 1.54) is 24.9 Å². The number of aromatic nitrogens is 1. The van der Waals surface area contributed by atoms with Crippen LogP contribution in [-0.4, -0.2) is 66.0 Å². The van der Waals surface area contributed by atoms with Gasteiger partial charge < -0.3 is 9.80 Å². The number of likely N-dealkylation sites (N-methyl/N-ethyl adjacent to an activating group) is 1. The lowest BCUT2D eigenvalue weighted by Crippen LogP contribution is -2.53. The predicted molar refractivity (Wildman–Crippen MR) is 106 cm³/mol. The van der Waals surface area contributed by atoms with Gasteiger partial charge in [0.2, 0.25) is 5.91 Å². The van der Waals surface area contributed by atoms with E-state index in [-0.39, 0.29) is 6.04 Å². The first-order valence-electron chi connectivity index (χ1n) is 10.2. The zero-order chi connectivity index (χ0) is 18.5. The third-order valence-electron chi connectivity index (χ3n) is 6.13. The van der Waals surface area contributed by atoms with Crippen molar-refractivity contribution < 1.29 is 4.79 Å². The van der Waals surface area contributed by atoms with Crippen molar-refractivity contribution >= 4 is 11.6 Å². The Balaban J connectivity index is 1.44. The van der Waals surface area contributed by atoms with Crippen molar-refractivity contribution in [2.75, 3.05) is 38.1 Å². The highest BCUT2D eigenvalue weighted by molar-refractivity contribution is 5.82. The summed E-state index contributed by atoms with van der Waals surface area (Å²) in [6.07, 6.45) is 9.57. The summed E-state index contributed by atoms with van der Waals surface area (Å²) in [6.45, 7) is 8.45. The number of piperidine rings is 2. The molecule has 3 heterocycles. The van der Waals surface area contributed by atoms with Crippen LogP contribution in [0.4, 0.5) is 5.69 Å². The Morgan fingerprint density at radius 2 is 1.85 bits per heavy atom. The minimum Gasteiger partial charge on any atom is -0.371 e. The second-order valence-corrected chi connectivity index (χ2v) is 8.19. The van der Waals surface area contributed by atoms with Crippen LogP contribution in [0.5, 0.6) is 0 Å². The number of rotatable bonds is 6. The van der Waals surface area contributed by atoms with E-state index in [9.17, 15) is 4.79 Å². The molecule has 3 rings (SSSR count). The van der Waals surface area contributed by atoms with Gasteiger partial charge in [0.1, 0.15) is 0 Å². The monoisotopic (exact) mass is 358 g/mol. The first kappa shape index (κ1) is 19.2. The molecule has 5 heteroatoms. The number of carbonyl (C=O) groups is 1. The molecule has 0 aromatic carbocycles. The van der Waals surface area contributed by atoms with E-state index in [0.717, 1.165) is 44.9 Å². The van der Waals surface area contributed by atoms with E-state index in [1.54, 1.807) is 0 Å². The number of amides is 1. The van der Waals surface area contributed by atoms with E-state index >= 15 is 0 Å². The topological polar surface area (TPSA) is 39.7 Å². The average molecular weight is 359 g/mol. The number of likely N-dealkylation sites (tertiary alicyclic amines) is 1. The van der Waals surface area contributed by atoms with Gasteiger partial charge in [-0.2, -0.15) is 0 Å². The maximum absolute atomic E-state index is 12.7. The third-order valence-corrected chi connectivity index (χ3v) is 6.13. The van der Waals surface area contributed by atoms with Gasteiger partial charge in [-0.05, 0) is 77.6 Å². The summed E-state index contributed by atoms with van der Waals surface area (Å²) >= 11 is 0. The quantitative estimate of drug-likeness (QED) is 0.784. The smallest absolute Gasteiger partial charge is 0.240 e. The number of nitrogens with zero attached hydrogens (tertiary/aromatic N) is 4. The van der Waals surface area contributed by atoms with Crippen LogP contribution >= 0.6 is 0 Å². The van der Waals surface area contributed by atoms with E-state index in [2.05, 4.69) is 52.7 Å². The Labute approximate surface area is 158 Å². The minimum absolute atomic E-state index is 0.0862. The van der Waals surface area contributed by atoms with Gasteiger partial charge in [-0.3, -0.25) is 14.7 Å². The maximum atomic E-state index is 12.7. The molecule has 1 atom stereocenters. The molecule has 1 aromatic rings. The Morgan fingerprint density at radius 1 is 1.15 bits per heavy atom. The molecule has 1 unspecified atom stereocenters. The largest absolute Gasteiger partial charge is 0.371 e. The van der Waals surface area contributed by atoms with Crippen LogP contribution in [0.2, 0.25) is 0 Å². The minimum atomic E-state index is 0.0862. The fourth-order valence-corrected chi connectivity index (χ4v) is 4.38. The van der Waals surface area contributed by atoms with Crippen molar-refractivity contribution in [2.24, 2.45) is 5.92 Å².